The van der Waals surface area contributed by atoms with E-state index in [9.17, 15) is 9.59 Å². The zero-order valence-corrected chi connectivity index (χ0v) is 14.3. The van der Waals surface area contributed by atoms with Crippen molar-refractivity contribution >= 4 is 11.8 Å². The third-order valence-electron chi connectivity index (χ3n) is 4.20. The Morgan fingerprint density at radius 3 is 2.29 bits per heavy atom. The third-order valence-corrected chi connectivity index (χ3v) is 4.20. The molecule has 0 heterocycles. The summed E-state index contributed by atoms with van der Waals surface area (Å²) in [5.74, 6) is -0.693. The van der Waals surface area contributed by atoms with Crippen LogP contribution < -0.4 is 0 Å². The van der Waals surface area contributed by atoms with E-state index in [4.69, 9.17) is 4.74 Å². The van der Waals surface area contributed by atoms with Crippen LogP contribution in [0.15, 0.2) is 54.6 Å². The average molecular weight is 324 g/mol. The number of esters is 1. The number of hydrogen-bond donors (Lipinski definition) is 0. The number of aryl methyl sites for hydroxylation is 2. The highest BCUT2D eigenvalue weighted by Crippen LogP contribution is 2.19. The Labute approximate surface area is 143 Å². The highest BCUT2D eigenvalue weighted by Gasteiger charge is 2.23. The molecule has 0 saturated carbocycles. The van der Waals surface area contributed by atoms with Crippen LogP contribution in [0.5, 0.6) is 0 Å². The number of methoxy groups -OCH3 is 1. The van der Waals surface area contributed by atoms with Gasteiger partial charge in [0, 0.05) is 12.0 Å². The minimum atomic E-state index is -0.382. The van der Waals surface area contributed by atoms with Crippen LogP contribution in [0.1, 0.15) is 40.7 Å². The van der Waals surface area contributed by atoms with Gasteiger partial charge in [0.25, 0.3) is 0 Å². The SMILES string of the molecule is COC(=O)C(CCCc1ccccc1)CC(=O)c1ccc(C)cc1. The minimum Gasteiger partial charge on any atom is -0.469 e. The second kappa shape index (κ2) is 9.02. The van der Waals surface area contributed by atoms with Gasteiger partial charge in [-0.2, -0.15) is 0 Å². The first-order valence-corrected chi connectivity index (χ1v) is 8.31. The van der Waals surface area contributed by atoms with E-state index in [1.54, 1.807) is 0 Å². The number of ether oxygens (including phenoxy) is 1. The van der Waals surface area contributed by atoms with Crippen LogP contribution in [0.4, 0.5) is 0 Å². The topological polar surface area (TPSA) is 43.4 Å². The smallest absolute Gasteiger partial charge is 0.309 e. The highest BCUT2D eigenvalue weighted by atomic mass is 16.5. The summed E-state index contributed by atoms with van der Waals surface area (Å²) in [5, 5.41) is 0. The van der Waals surface area contributed by atoms with E-state index in [0.717, 1.165) is 18.4 Å². The Morgan fingerprint density at radius 2 is 1.67 bits per heavy atom. The van der Waals surface area contributed by atoms with Crippen LogP contribution in [-0.4, -0.2) is 18.9 Å². The van der Waals surface area contributed by atoms with Gasteiger partial charge in [-0.05, 0) is 31.7 Å². The molecule has 126 valence electrons. The number of hydrogen-bond acceptors (Lipinski definition) is 3. The lowest BCUT2D eigenvalue weighted by Gasteiger charge is -2.14. The molecule has 3 nitrogen and oxygen atoms in total. The molecule has 0 fully saturated rings. The Balaban J connectivity index is 1.93. The number of Topliss-reactive ketones (excluding diaryl/α,β-unsaturated/α-hetero) is 1. The molecule has 0 aromatic heterocycles. The van der Waals surface area contributed by atoms with Crippen LogP contribution in [0.2, 0.25) is 0 Å². The minimum absolute atomic E-state index is 0.00916. The van der Waals surface area contributed by atoms with Crippen molar-refractivity contribution in [3.05, 3.63) is 71.3 Å². The molecular formula is C21H24O3. The first kappa shape index (κ1) is 17.9. The molecule has 0 aliphatic heterocycles. The molecule has 0 radical (unpaired) electrons. The van der Waals surface area contributed by atoms with E-state index in [1.807, 2.05) is 49.4 Å². The van der Waals surface area contributed by atoms with E-state index >= 15 is 0 Å². The lowest BCUT2D eigenvalue weighted by molar-refractivity contribution is -0.145. The van der Waals surface area contributed by atoms with E-state index in [0.29, 0.717) is 12.0 Å². The Hall–Kier alpha value is -2.42. The fourth-order valence-electron chi connectivity index (χ4n) is 2.75. The number of carbonyl (C=O) groups is 2. The fraction of sp³-hybridized carbons (Fsp3) is 0.333. The Morgan fingerprint density at radius 1 is 1.00 bits per heavy atom. The zero-order valence-electron chi connectivity index (χ0n) is 14.3. The predicted molar refractivity (Wildman–Crippen MR) is 95.0 cm³/mol. The van der Waals surface area contributed by atoms with Gasteiger partial charge in [0.15, 0.2) is 5.78 Å². The van der Waals surface area contributed by atoms with Crippen molar-refractivity contribution in [3.63, 3.8) is 0 Å². The van der Waals surface area contributed by atoms with Gasteiger partial charge >= 0.3 is 5.97 Å². The molecule has 3 heteroatoms. The van der Waals surface area contributed by atoms with Crippen molar-refractivity contribution in [1.82, 2.24) is 0 Å². The number of benzene rings is 2. The Bertz CT molecular complexity index is 659. The number of ketones is 1. The van der Waals surface area contributed by atoms with E-state index in [1.165, 1.54) is 12.7 Å². The molecule has 24 heavy (non-hydrogen) atoms. The molecule has 0 saturated heterocycles. The summed E-state index contributed by atoms with van der Waals surface area (Å²) < 4.78 is 4.88. The molecule has 0 aliphatic carbocycles. The molecule has 0 amide bonds. The summed E-state index contributed by atoms with van der Waals surface area (Å²) in [6, 6.07) is 17.6. The van der Waals surface area contributed by atoms with Crippen molar-refractivity contribution in [2.24, 2.45) is 5.92 Å². The van der Waals surface area contributed by atoms with E-state index < -0.39 is 0 Å². The normalized spacial score (nSPS) is 11.8. The number of rotatable bonds is 8. The van der Waals surface area contributed by atoms with Crippen molar-refractivity contribution in [1.29, 1.82) is 0 Å². The van der Waals surface area contributed by atoms with Gasteiger partial charge in [0.1, 0.15) is 0 Å². The molecular weight excluding hydrogens is 300 g/mol. The maximum atomic E-state index is 12.4. The second-order valence-electron chi connectivity index (χ2n) is 6.09. The summed E-state index contributed by atoms with van der Waals surface area (Å²) >= 11 is 0. The van der Waals surface area contributed by atoms with Gasteiger partial charge in [-0.3, -0.25) is 9.59 Å². The van der Waals surface area contributed by atoms with Crippen LogP contribution in [0.25, 0.3) is 0 Å². The predicted octanol–water partition coefficient (Wildman–Crippen LogP) is 4.38. The summed E-state index contributed by atoms with van der Waals surface area (Å²) in [4.78, 5) is 24.4. The average Bonchev–Trinajstić information content (AvgIpc) is 2.61. The fourth-order valence-corrected chi connectivity index (χ4v) is 2.75. The third kappa shape index (κ3) is 5.34. The second-order valence-corrected chi connectivity index (χ2v) is 6.09. The van der Waals surface area contributed by atoms with Crippen molar-refractivity contribution in [3.8, 4) is 0 Å². The van der Waals surface area contributed by atoms with Gasteiger partial charge in [0.05, 0.1) is 13.0 Å². The van der Waals surface area contributed by atoms with Gasteiger partial charge in [-0.15, -0.1) is 0 Å². The standard InChI is InChI=1S/C21H24O3/c1-16-11-13-18(14-12-16)20(22)15-19(21(23)24-2)10-6-9-17-7-4-3-5-8-17/h3-5,7-8,11-14,19H,6,9-10,15H2,1-2H3. The van der Waals surface area contributed by atoms with Crippen LogP contribution in [0, 0.1) is 12.8 Å². The van der Waals surface area contributed by atoms with Crippen molar-refractivity contribution in [2.45, 2.75) is 32.6 Å². The van der Waals surface area contributed by atoms with E-state index in [2.05, 4.69) is 12.1 Å². The molecule has 1 atom stereocenters. The van der Waals surface area contributed by atoms with Crippen molar-refractivity contribution in [2.75, 3.05) is 7.11 Å². The molecule has 2 aromatic rings. The lowest BCUT2D eigenvalue weighted by atomic mass is 9.92. The summed E-state index contributed by atoms with van der Waals surface area (Å²) in [7, 11) is 1.38. The molecule has 2 aromatic carbocycles. The summed E-state index contributed by atoms with van der Waals surface area (Å²) in [5.41, 5.74) is 3.00. The molecule has 0 aliphatic rings. The lowest BCUT2D eigenvalue weighted by Crippen LogP contribution is -2.20. The quantitative estimate of drug-likeness (QED) is 0.534. The first-order valence-electron chi connectivity index (χ1n) is 8.31. The van der Waals surface area contributed by atoms with Gasteiger partial charge in [0.2, 0.25) is 0 Å². The molecule has 0 bridgehead atoms. The van der Waals surface area contributed by atoms with Crippen molar-refractivity contribution < 1.29 is 14.3 Å². The van der Waals surface area contributed by atoms with Crippen LogP contribution >= 0.6 is 0 Å². The molecule has 1 unspecified atom stereocenters. The Kier molecular flexibility index (Phi) is 6.74. The summed E-state index contributed by atoms with van der Waals surface area (Å²) in [6.07, 6.45) is 2.60. The first-order chi connectivity index (χ1) is 11.6. The molecule has 2 rings (SSSR count). The monoisotopic (exact) mass is 324 g/mol. The highest BCUT2D eigenvalue weighted by molar-refractivity contribution is 5.98. The van der Waals surface area contributed by atoms with Gasteiger partial charge in [-0.1, -0.05) is 60.2 Å². The zero-order chi connectivity index (χ0) is 17.4. The van der Waals surface area contributed by atoms with Gasteiger partial charge < -0.3 is 4.74 Å². The maximum absolute atomic E-state index is 12.4. The number of carbonyl (C=O) groups excluding carboxylic acids is 2. The van der Waals surface area contributed by atoms with Crippen LogP contribution in [-0.2, 0) is 16.0 Å². The van der Waals surface area contributed by atoms with Crippen LogP contribution in [0.3, 0.4) is 0 Å². The molecule has 0 spiro atoms. The summed E-state index contributed by atoms with van der Waals surface area (Å²) in [6.45, 7) is 1.98. The largest absolute Gasteiger partial charge is 0.469 e. The van der Waals surface area contributed by atoms with Gasteiger partial charge in [-0.25, -0.2) is 0 Å². The van der Waals surface area contributed by atoms with E-state index in [-0.39, 0.29) is 24.1 Å². The molecule has 0 N–H and O–H groups in total. The maximum Gasteiger partial charge on any atom is 0.309 e.